The molecule has 1 aromatic rings. The maximum Gasteiger partial charge on any atom is 0.263 e. The van der Waals surface area contributed by atoms with Crippen molar-refractivity contribution in [2.75, 3.05) is 0 Å². The molecule has 0 fully saturated rings. The molecule has 0 unspecified atom stereocenters. The fourth-order valence-corrected chi connectivity index (χ4v) is 0.703. The summed E-state index contributed by atoms with van der Waals surface area (Å²) >= 11 is 0. The molecule has 1 nitrogen and oxygen atoms in total. The lowest BCUT2D eigenvalue weighted by molar-refractivity contribution is 0.151. The van der Waals surface area contributed by atoms with Crippen LogP contribution in [0.1, 0.15) is 20.3 Å². The average Bonchev–Trinajstić information content (AvgIpc) is 2.03. The van der Waals surface area contributed by atoms with Crippen LogP contribution in [-0.2, 0) is 6.56 Å². The van der Waals surface area contributed by atoms with Gasteiger partial charge in [0.1, 0.15) is 0 Å². The molecule has 3 heteroatoms. The van der Waals surface area contributed by atoms with Gasteiger partial charge in [-0.25, -0.2) is 8.78 Å². The molecule has 0 heterocycles. The number of alkyl halides is 2. The number of hydrogen-bond donors (Lipinski definition) is 1. The lowest BCUT2D eigenvalue weighted by Crippen LogP contribution is -1.86. The van der Waals surface area contributed by atoms with Crippen LogP contribution in [0.5, 0.6) is 0 Å². The maximum absolute atomic E-state index is 12.0. The van der Waals surface area contributed by atoms with E-state index in [1.165, 1.54) is 0 Å². The molecule has 0 saturated heterocycles. The summed E-state index contributed by atoms with van der Waals surface area (Å²) in [7, 11) is 0. The summed E-state index contributed by atoms with van der Waals surface area (Å²) in [6.07, 6.45) is -2.57. The van der Waals surface area contributed by atoms with Crippen LogP contribution in [0.3, 0.4) is 0 Å². The van der Waals surface area contributed by atoms with Crippen molar-refractivity contribution in [3.05, 3.63) is 35.4 Å². The monoisotopic (exact) mass is 160 g/mol. The predicted molar refractivity (Wildman–Crippen MR) is 37.3 cm³/mol. The second-order valence-electron chi connectivity index (χ2n) is 2.03. The van der Waals surface area contributed by atoms with Gasteiger partial charge in [-0.2, -0.15) is 0 Å². The first-order chi connectivity index (χ1) is 5.91. The highest BCUT2D eigenvalue weighted by atomic mass is 19.3. The van der Waals surface area contributed by atoms with E-state index in [0.717, 1.165) is 24.3 Å². The summed E-state index contributed by atoms with van der Waals surface area (Å²) in [6.45, 7) is -2.47. The van der Waals surface area contributed by atoms with Gasteiger partial charge >= 0.3 is 0 Å². The first-order valence-electron chi connectivity index (χ1n) is 4.02. The molecule has 0 radical (unpaired) electrons. The van der Waals surface area contributed by atoms with Crippen molar-refractivity contribution >= 4 is 0 Å². The highest BCUT2D eigenvalue weighted by Crippen LogP contribution is 2.18. The summed E-state index contributed by atoms with van der Waals surface area (Å²) < 4.78 is 37.8. The topological polar surface area (TPSA) is 20.2 Å². The molecule has 0 amide bonds. The van der Waals surface area contributed by atoms with Gasteiger partial charge < -0.3 is 5.11 Å². The van der Waals surface area contributed by atoms with E-state index in [-0.39, 0.29) is 11.1 Å². The van der Waals surface area contributed by atoms with Gasteiger partial charge in [-0.15, -0.1) is 0 Å². The Morgan fingerprint density at radius 3 is 2.27 bits per heavy atom. The highest BCUT2D eigenvalue weighted by molar-refractivity contribution is 5.22. The summed E-state index contributed by atoms with van der Waals surface area (Å²) in [5.74, 6) is 0. The van der Waals surface area contributed by atoms with Crippen molar-refractivity contribution in [2.45, 2.75) is 13.0 Å². The molecule has 60 valence electrons. The molecule has 11 heavy (non-hydrogen) atoms. The fraction of sp³-hybridized carbons (Fsp3) is 0.250. The van der Waals surface area contributed by atoms with Crippen molar-refractivity contribution in [1.82, 2.24) is 0 Å². The zero-order chi connectivity index (χ0) is 10.1. The zero-order valence-corrected chi connectivity index (χ0v) is 5.59. The molecule has 1 N–H and O–H groups in total. The third-order valence-corrected chi connectivity index (χ3v) is 1.29. The van der Waals surface area contributed by atoms with Crippen molar-refractivity contribution < 1.29 is 16.6 Å². The molecule has 0 aliphatic heterocycles. The van der Waals surface area contributed by atoms with E-state index >= 15 is 0 Å². The predicted octanol–water partition coefficient (Wildman–Crippen LogP) is 2.12. The number of aliphatic hydroxyl groups is 1. The van der Waals surface area contributed by atoms with Gasteiger partial charge in [0, 0.05) is 5.56 Å². The van der Waals surface area contributed by atoms with Crippen LogP contribution >= 0.6 is 0 Å². The van der Waals surface area contributed by atoms with E-state index in [0.29, 0.717) is 0 Å². The summed E-state index contributed by atoms with van der Waals surface area (Å²) in [5.41, 5.74) is -0.218. The van der Waals surface area contributed by atoms with Crippen LogP contribution in [0, 0.1) is 0 Å². The van der Waals surface area contributed by atoms with Gasteiger partial charge in [0.15, 0.2) is 0 Å². The summed E-state index contributed by atoms with van der Waals surface area (Å²) in [4.78, 5) is 0. The molecule has 0 spiro atoms. The van der Waals surface area contributed by atoms with E-state index in [1.54, 1.807) is 0 Å². The summed E-state index contributed by atoms with van der Waals surface area (Å²) in [6, 6.07) is 4.46. The minimum absolute atomic E-state index is 0.0306. The van der Waals surface area contributed by atoms with Crippen LogP contribution < -0.4 is 0 Å². The number of halogens is 2. The molecular formula is C8H8F2O. The number of rotatable bonds is 2. The number of hydrogen-bond acceptors (Lipinski definition) is 1. The second kappa shape index (κ2) is 3.44. The van der Waals surface area contributed by atoms with E-state index in [4.69, 9.17) is 7.85 Å². The maximum atomic E-state index is 12.0. The third kappa shape index (κ3) is 1.98. The van der Waals surface area contributed by atoms with Crippen molar-refractivity contribution in [2.24, 2.45) is 0 Å². The Bertz CT molecular complexity index is 279. The SMILES string of the molecule is [2H]C([2H])(O)c1ccc(C(F)F)cc1. The summed E-state index contributed by atoms with van der Waals surface area (Å²) in [5, 5.41) is 8.86. The van der Waals surface area contributed by atoms with Crippen LogP contribution in [0.15, 0.2) is 24.3 Å². The molecular weight excluding hydrogens is 150 g/mol. The first kappa shape index (κ1) is 5.66. The normalized spacial score (nSPS) is 14.5. The molecule has 1 rings (SSSR count). The average molecular weight is 160 g/mol. The Morgan fingerprint density at radius 1 is 1.36 bits per heavy atom. The van der Waals surface area contributed by atoms with Gasteiger partial charge in [-0.05, 0) is 5.56 Å². The lowest BCUT2D eigenvalue weighted by Gasteiger charge is -1.99. The minimum atomic E-state index is -2.57. The van der Waals surface area contributed by atoms with E-state index in [1.807, 2.05) is 0 Å². The van der Waals surface area contributed by atoms with Gasteiger partial charge in [-0.3, -0.25) is 0 Å². The third-order valence-electron chi connectivity index (χ3n) is 1.29. The standard InChI is InChI=1S/C8H8F2O/c9-8(10)7-3-1-6(5-11)2-4-7/h1-4,8,11H,5H2/i5D2. The molecule has 0 aliphatic rings. The molecule has 0 bridgehead atoms. The van der Waals surface area contributed by atoms with Crippen LogP contribution in [0.25, 0.3) is 0 Å². The smallest absolute Gasteiger partial charge is 0.263 e. The fourth-order valence-electron chi connectivity index (χ4n) is 0.703. The Kier molecular flexibility index (Phi) is 1.77. The van der Waals surface area contributed by atoms with Crippen molar-refractivity contribution in [1.29, 1.82) is 0 Å². The molecule has 0 aromatic heterocycles. The number of benzene rings is 1. The Morgan fingerprint density at radius 2 is 1.91 bits per heavy atom. The second-order valence-corrected chi connectivity index (χ2v) is 2.03. The van der Waals surface area contributed by atoms with Crippen LogP contribution in [0.4, 0.5) is 8.78 Å². The molecule has 0 aliphatic carbocycles. The first-order valence-corrected chi connectivity index (χ1v) is 3.02. The van der Waals surface area contributed by atoms with Gasteiger partial charge in [-0.1, -0.05) is 24.3 Å². The minimum Gasteiger partial charge on any atom is -0.392 e. The van der Waals surface area contributed by atoms with Gasteiger partial charge in [0.05, 0.1) is 9.30 Å². The Balaban J connectivity index is 2.94. The zero-order valence-electron chi connectivity index (χ0n) is 7.59. The Labute approximate surface area is 66.1 Å². The molecule has 0 atom stereocenters. The van der Waals surface area contributed by atoms with Gasteiger partial charge in [0.25, 0.3) is 6.43 Å². The van der Waals surface area contributed by atoms with Crippen molar-refractivity contribution in [3.8, 4) is 0 Å². The van der Waals surface area contributed by atoms with Gasteiger partial charge in [0.2, 0.25) is 0 Å². The quantitative estimate of drug-likeness (QED) is 0.702. The van der Waals surface area contributed by atoms with E-state index in [2.05, 4.69) is 0 Å². The largest absolute Gasteiger partial charge is 0.392 e. The molecule has 1 aromatic carbocycles. The van der Waals surface area contributed by atoms with E-state index in [9.17, 15) is 8.78 Å². The van der Waals surface area contributed by atoms with Crippen LogP contribution in [0.2, 0.25) is 0 Å². The van der Waals surface area contributed by atoms with Crippen molar-refractivity contribution in [3.63, 3.8) is 0 Å². The Hall–Kier alpha value is -0.960. The van der Waals surface area contributed by atoms with Crippen LogP contribution in [-0.4, -0.2) is 5.11 Å². The lowest BCUT2D eigenvalue weighted by atomic mass is 10.1. The highest BCUT2D eigenvalue weighted by Gasteiger charge is 2.04. The molecule has 0 saturated carbocycles. The van der Waals surface area contributed by atoms with E-state index < -0.39 is 13.0 Å².